The molecule has 2 aliphatic rings. The Morgan fingerprint density at radius 1 is 1.17 bits per heavy atom. The van der Waals surface area contributed by atoms with Gasteiger partial charge in [0.2, 0.25) is 5.88 Å². The van der Waals surface area contributed by atoms with E-state index in [-0.39, 0.29) is 47.5 Å². The molecule has 2 aromatic heterocycles. The molecule has 2 amide bonds. The summed E-state index contributed by atoms with van der Waals surface area (Å²) in [6.45, 7) is 1.24. The number of nitrogens with two attached hydrogens (primary N) is 1. The van der Waals surface area contributed by atoms with E-state index in [0.29, 0.717) is 13.1 Å². The molecule has 4 rings (SSSR count). The van der Waals surface area contributed by atoms with Gasteiger partial charge in [0.1, 0.15) is 17.1 Å². The Morgan fingerprint density at radius 2 is 1.83 bits per heavy atom. The zero-order valence-electron chi connectivity index (χ0n) is 15.5. The van der Waals surface area contributed by atoms with E-state index >= 15 is 0 Å². The lowest BCUT2D eigenvalue weighted by molar-refractivity contribution is -0.141. The molecule has 0 radical (unpaired) electrons. The molecule has 9 nitrogen and oxygen atoms in total. The van der Waals surface area contributed by atoms with Crippen molar-refractivity contribution in [3.8, 4) is 5.88 Å². The molecular formula is C18H17F3N6O3. The van der Waals surface area contributed by atoms with Gasteiger partial charge in [-0.15, -0.1) is 0 Å². The van der Waals surface area contributed by atoms with Crippen LogP contribution in [0.25, 0.3) is 0 Å². The van der Waals surface area contributed by atoms with Gasteiger partial charge in [-0.05, 0) is 17.9 Å². The number of carbonyl (C=O) groups is 2. The second-order valence-electron chi connectivity index (χ2n) is 7.13. The minimum Gasteiger partial charge on any atom is -0.477 e. The number of nitrogens with zero attached hydrogens (tertiary/aromatic N) is 4. The van der Waals surface area contributed by atoms with Crippen molar-refractivity contribution < 1.29 is 27.5 Å². The van der Waals surface area contributed by atoms with Crippen LogP contribution in [0.15, 0.2) is 30.6 Å². The van der Waals surface area contributed by atoms with E-state index in [4.69, 9.17) is 10.6 Å². The highest BCUT2D eigenvalue weighted by Crippen LogP contribution is 2.51. The smallest absolute Gasteiger partial charge is 0.433 e. The first-order valence-electron chi connectivity index (χ1n) is 9.07. The number of amides is 2. The summed E-state index contributed by atoms with van der Waals surface area (Å²) in [6, 6.07) is 3.53. The molecule has 1 aliphatic carbocycles. The number of hydrazine groups is 1. The van der Waals surface area contributed by atoms with E-state index in [9.17, 15) is 22.8 Å². The highest BCUT2D eigenvalue weighted by Gasteiger charge is 2.57. The first-order valence-corrected chi connectivity index (χ1v) is 9.07. The Kier molecular flexibility index (Phi) is 5.02. The molecule has 1 aliphatic heterocycles. The molecule has 3 atom stereocenters. The van der Waals surface area contributed by atoms with Crippen LogP contribution in [0.4, 0.5) is 13.2 Å². The maximum atomic E-state index is 12.7. The largest absolute Gasteiger partial charge is 0.477 e. The highest BCUT2D eigenvalue weighted by molar-refractivity contribution is 5.94. The fourth-order valence-electron chi connectivity index (χ4n) is 3.69. The van der Waals surface area contributed by atoms with E-state index in [1.54, 1.807) is 4.90 Å². The van der Waals surface area contributed by atoms with E-state index < -0.39 is 17.8 Å². The summed E-state index contributed by atoms with van der Waals surface area (Å²) in [5.41, 5.74) is 1.05. The Morgan fingerprint density at radius 3 is 2.43 bits per heavy atom. The Bertz CT molecular complexity index is 956. The fraction of sp³-hybridized carbons (Fsp3) is 0.389. The lowest BCUT2D eigenvalue weighted by Crippen LogP contribution is -2.33. The quantitative estimate of drug-likeness (QED) is 0.417. The molecule has 1 saturated carbocycles. The number of nitrogen functional groups attached to an aromatic ring is 1. The van der Waals surface area contributed by atoms with Crippen LogP contribution < -0.4 is 16.0 Å². The summed E-state index contributed by atoms with van der Waals surface area (Å²) < 4.78 is 43.6. The van der Waals surface area contributed by atoms with Crippen LogP contribution in [0.5, 0.6) is 5.88 Å². The minimum absolute atomic E-state index is 0.00117. The molecule has 1 unspecified atom stereocenters. The van der Waals surface area contributed by atoms with Gasteiger partial charge in [-0.3, -0.25) is 15.0 Å². The number of aromatic nitrogens is 3. The molecule has 3 N–H and O–H groups in total. The summed E-state index contributed by atoms with van der Waals surface area (Å²) in [5, 5.41) is 0. The molecule has 1 saturated heterocycles. The SMILES string of the molecule is NNC(=O)c1cnc(C(=O)N2C[C@@H]3C(COc4cccc(C(F)(F)F)n4)[C@@H]3C2)cn1. The van der Waals surface area contributed by atoms with Crippen molar-refractivity contribution in [3.63, 3.8) is 0 Å². The topological polar surface area (TPSA) is 123 Å². The average Bonchev–Trinajstić information content (AvgIpc) is 3.19. The number of fused-ring (bicyclic) bond motifs is 1. The molecule has 0 spiro atoms. The van der Waals surface area contributed by atoms with Crippen LogP contribution in [-0.4, -0.2) is 51.4 Å². The first-order chi connectivity index (χ1) is 14.3. The average molecular weight is 422 g/mol. The van der Waals surface area contributed by atoms with E-state index in [1.807, 2.05) is 5.43 Å². The number of alkyl halides is 3. The molecule has 30 heavy (non-hydrogen) atoms. The number of halogens is 3. The molecule has 2 fully saturated rings. The van der Waals surface area contributed by atoms with Gasteiger partial charge in [0.25, 0.3) is 11.8 Å². The minimum atomic E-state index is -4.52. The van der Waals surface area contributed by atoms with Crippen LogP contribution in [0, 0.1) is 17.8 Å². The molecule has 0 aromatic carbocycles. The van der Waals surface area contributed by atoms with Crippen molar-refractivity contribution in [2.75, 3.05) is 19.7 Å². The van der Waals surface area contributed by atoms with Gasteiger partial charge in [-0.1, -0.05) is 6.07 Å². The van der Waals surface area contributed by atoms with Gasteiger partial charge >= 0.3 is 6.18 Å². The van der Waals surface area contributed by atoms with Crippen molar-refractivity contribution in [2.24, 2.45) is 23.6 Å². The number of likely N-dealkylation sites (tertiary alicyclic amines) is 1. The molecule has 0 bridgehead atoms. The summed E-state index contributed by atoms with van der Waals surface area (Å²) >= 11 is 0. The van der Waals surface area contributed by atoms with Crippen molar-refractivity contribution in [1.82, 2.24) is 25.3 Å². The van der Waals surface area contributed by atoms with Crippen molar-refractivity contribution >= 4 is 11.8 Å². The van der Waals surface area contributed by atoms with Gasteiger partial charge in [0, 0.05) is 25.1 Å². The lowest BCUT2D eigenvalue weighted by atomic mass is 10.2. The number of hydrogen-bond donors (Lipinski definition) is 2. The van der Waals surface area contributed by atoms with Crippen molar-refractivity contribution in [1.29, 1.82) is 0 Å². The fourth-order valence-corrected chi connectivity index (χ4v) is 3.69. The van der Waals surface area contributed by atoms with Gasteiger partial charge in [-0.2, -0.15) is 13.2 Å². The first kappa shape index (κ1) is 20.0. The van der Waals surface area contributed by atoms with Gasteiger partial charge in [0.15, 0.2) is 0 Å². The third kappa shape index (κ3) is 3.90. The second kappa shape index (κ2) is 7.52. The van der Waals surface area contributed by atoms with Gasteiger partial charge in [0.05, 0.1) is 19.0 Å². The predicted molar refractivity (Wildman–Crippen MR) is 94.8 cm³/mol. The van der Waals surface area contributed by atoms with Gasteiger partial charge < -0.3 is 9.64 Å². The van der Waals surface area contributed by atoms with Crippen LogP contribution in [0.1, 0.15) is 26.7 Å². The maximum absolute atomic E-state index is 12.7. The number of ether oxygens (including phenoxy) is 1. The number of nitrogens with one attached hydrogen (secondary N) is 1. The third-order valence-corrected chi connectivity index (χ3v) is 5.33. The molecule has 158 valence electrons. The number of rotatable bonds is 5. The van der Waals surface area contributed by atoms with Crippen LogP contribution in [-0.2, 0) is 6.18 Å². The van der Waals surface area contributed by atoms with E-state index in [0.717, 1.165) is 6.07 Å². The zero-order valence-corrected chi connectivity index (χ0v) is 15.5. The Labute approximate surface area is 168 Å². The van der Waals surface area contributed by atoms with Gasteiger partial charge in [-0.25, -0.2) is 20.8 Å². The normalized spacial score (nSPS) is 22.4. The van der Waals surface area contributed by atoms with E-state index in [2.05, 4.69) is 15.0 Å². The van der Waals surface area contributed by atoms with E-state index in [1.165, 1.54) is 24.5 Å². The van der Waals surface area contributed by atoms with Crippen molar-refractivity contribution in [2.45, 2.75) is 6.18 Å². The van der Waals surface area contributed by atoms with Crippen LogP contribution in [0.3, 0.4) is 0 Å². The molecule has 2 aromatic rings. The third-order valence-electron chi connectivity index (χ3n) is 5.33. The second-order valence-corrected chi connectivity index (χ2v) is 7.13. The van der Waals surface area contributed by atoms with Crippen LogP contribution in [0.2, 0.25) is 0 Å². The summed E-state index contributed by atoms with van der Waals surface area (Å²) in [7, 11) is 0. The zero-order chi connectivity index (χ0) is 21.5. The molecule has 3 heterocycles. The van der Waals surface area contributed by atoms with Crippen molar-refractivity contribution in [3.05, 3.63) is 47.7 Å². The number of carbonyl (C=O) groups excluding carboxylic acids is 2. The lowest BCUT2D eigenvalue weighted by Gasteiger charge is -2.19. The number of piperidine rings is 1. The summed E-state index contributed by atoms with van der Waals surface area (Å²) in [5.74, 6) is 4.63. The Balaban J connectivity index is 1.29. The predicted octanol–water partition coefficient (Wildman–Crippen LogP) is 0.891. The van der Waals surface area contributed by atoms with Crippen LogP contribution >= 0.6 is 0 Å². The summed E-state index contributed by atoms with van der Waals surface area (Å²) in [4.78, 5) is 36.8. The Hall–Kier alpha value is -3.28. The standard InChI is InChI=1S/C18H17F3N6O3/c19-18(20,21)14-2-1-3-15(25-14)30-8-11-9-6-27(7-10(9)11)17(29)13-5-23-12(4-24-13)16(28)26-22/h1-5,9-11H,6-8,22H2,(H,26,28)/t9-,10+,11?. The number of hydrogen-bond acceptors (Lipinski definition) is 7. The number of pyridine rings is 1. The molecule has 12 heteroatoms. The molecular weight excluding hydrogens is 405 g/mol. The summed E-state index contributed by atoms with van der Waals surface area (Å²) in [6.07, 6.45) is -2.13. The maximum Gasteiger partial charge on any atom is 0.433 e. The highest BCUT2D eigenvalue weighted by atomic mass is 19.4. The monoisotopic (exact) mass is 422 g/mol.